The molecule has 0 unspecified atom stereocenters. The van der Waals surface area contributed by atoms with Gasteiger partial charge in [-0.2, -0.15) is 0 Å². The second-order valence-corrected chi connectivity index (χ2v) is 5.07. The number of nitrogens with one attached hydrogen (secondary N) is 1. The topological polar surface area (TPSA) is 63.1 Å². The van der Waals surface area contributed by atoms with Crippen molar-refractivity contribution >= 4 is 16.9 Å². The fourth-order valence-electron chi connectivity index (χ4n) is 2.24. The van der Waals surface area contributed by atoms with E-state index in [0.717, 1.165) is 16.6 Å². The Morgan fingerprint density at radius 2 is 1.21 bits per heavy atom. The van der Waals surface area contributed by atoms with E-state index in [4.69, 9.17) is 4.42 Å². The van der Waals surface area contributed by atoms with Crippen molar-refractivity contribution in [3.8, 4) is 0 Å². The number of ketones is 1. The van der Waals surface area contributed by atoms with Crippen LogP contribution in [0.3, 0.4) is 0 Å². The number of hydrogen-bond acceptors (Lipinski definition) is 3. The van der Waals surface area contributed by atoms with Crippen LogP contribution in [-0.4, -0.2) is 10.8 Å². The Bertz CT molecular complexity index is 908. The monoisotopic (exact) mass is 317 g/mol. The molecule has 0 spiro atoms. The zero-order valence-electron chi connectivity index (χ0n) is 12.8. The molecule has 0 fully saturated rings. The van der Waals surface area contributed by atoms with Crippen molar-refractivity contribution in [3.63, 3.8) is 0 Å². The van der Waals surface area contributed by atoms with Gasteiger partial charge in [-0.3, -0.25) is 9.78 Å². The largest absolute Gasteiger partial charge is 0.417 e. The van der Waals surface area contributed by atoms with Crippen molar-refractivity contribution in [2.75, 3.05) is 0 Å². The first-order valence-corrected chi connectivity index (χ1v) is 7.47. The predicted molar refractivity (Wildman–Crippen MR) is 93.2 cm³/mol. The Morgan fingerprint density at radius 1 is 0.708 bits per heavy atom. The lowest BCUT2D eigenvalue weighted by atomic mass is 10.0. The molecule has 1 aromatic heterocycles. The van der Waals surface area contributed by atoms with Crippen LogP contribution in [0.5, 0.6) is 0 Å². The van der Waals surface area contributed by atoms with Gasteiger partial charge < -0.3 is 4.42 Å². The molecular formula is C20H15NO3. The number of H-pyrrole nitrogens is 1. The molecule has 0 bridgehead atoms. The highest BCUT2D eigenvalue weighted by molar-refractivity contribution is 6.08. The maximum atomic E-state index is 11.8. The fourth-order valence-corrected chi connectivity index (χ4v) is 2.24. The molecule has 0 aliphatic heterocycles. The molecule has 118 valence electrons. The normalized spacial score (nSPS) is 10.0. The van der Waals surface area contributed by atoms with Crippen LogP contribution in [0.15, 0.2) is 94.1 Å². The Hall–Kier alpha value is -3.40. The van der Waals surface area contributed by atoms with Gasteiger partial charge in [0.15, 0.2) is 11.4 Å². The van der Waals surface area contributed by atoms with Gasteiger partial charge in [0, 0.05) is 11.1 Å². The van der Waals surface area contributed by atoms with Crippen LogP contribution < -0.4 is 5.76 Å². The summed E-state index contributed by atoms with van der Waals surface area (Å²) in [5, 5.41) is 0. The zero-order valence-corrected chi connectivity index (χ0v) is 12.8. The van der Waals surface area contributed by atoms with E-state index in [1.54, 1.807) is 12.1 Å². The van der Waals surface area contributed by atoms with E-state index in [1.165, 1.54) is 0 Å². The number of fused-ring (bicyclic) bond motifs is 1. The van der Waals surface area contributed by atoms with Crippen LogP contribution in [0.4, 0.5) is 0 Å². The van der Waals surface area contributed by atoms with E-state index >= 15 is 0 Å². The summed E-state index contributed by atoms with van der Waals surface area (Å²) in [6, 6.07) is 25.8. The molecular weight excluding hydrogens is 302 g/mol. The number of para-hydroxylation sites is 2. The van der Waals surface area contributed by atoms with E-state index in [-0.39, 0.29) is 5.78 Å². The fraction of sp³-hybridized carbons (Fsp3) is 0. The van der Waals surface area contributed by atoms with Gasteiger partial charge in [0.05, 0.1) is 5.52 Å². The van der Waals surface area contributed by atoms with Gasteiger partial charge in [0.25, 0.3) is 0 Å². The van der Waals surface area contributed by atoms with Gasteiger partial charge in [-0.05, 0) is 12.1 Å². The maximum Gasteiger partial charge on any atom is 0.417 e. The number of benzene rings is 3. The minimum absolute atomic E-state index is 0.0752. The lowest BCUT2D eigenvalue weighted by molar-refractivity contribution is 0.103. The number of oxazole rings is 1. The standard InChI is InChI=1S/C13H10O.C7H5NO2/c14-13(11-7-3-1-4-8-11)12-9-5-2-6-10-12;9-7-8-5-3-1-2-4-6(5)10-7/h1-10H;1-4H,(H,8,9). The number of hydrogen-bond donors (Lipinski definition) is 1. The van der Waals surface area contributed by atoms with Crippen molar-refractivity contribution in [1.82, 2.24) is 4.98 Å². The van der Waals surface area contributed by atoms with Crippen molar-refractivity contribution in [2.24, 2.45) is 0 Å². The van der Waals surface area contributed by atoms with Gasteiger partial charge in [0.2, 0.25) is 0 Å². The van der Waals surface area contributed by atoms with Gasteiger partial charge in [0.1, 0.15) is 0 Å². The summed E-state index contributed by atoms with van der Waals surface area (Å²) in [5.74, 6) is -0.326. The molecule has 0 saturated heterocycles. The molecule has 3 aromatic carbocycles. The van der Waals surface area contributed by atoms with E-state index in [1.807, 2.05) is 72.8 Å². The van der Waals surface area contributed by atoms with Gasteiger partial charge in [-0.15, -0.1) is 0 Å². The maximum absolute atomic E-state index is 11.8. The highest BCUT2D eigenvalue weighted by Gasteiger charge is 2.06. The summed E-state index contributed by atoms with van der Waals surface area (Å²) in [4.78, 5) is 24.9. The quantitative estimate of drug-likeness (QED) is 0.568. The molecule has 4 nitrogen and oxygen atoms in total. The molecule has 1 heterocycles. The third kappa shape index (κ3) is 3.67. The highest BCUT2D eigenvalue weighted by atomic mass is 16.4. The summed E-state index contributed by atoms with van der Waals surface area (Å²) in [6.07, 6.45) is 0. The minimum Gasteiger partial charge on any atom is -0.408 e. The SMILES string of the molecule is O=C(c1ccccc1)c1ccccc1.O=c1[nH]c2ccccc2o1. The zero-order chi connectivity index (χ0) is 16.8. The van der Waals surface area contributed by atoms with Gasteiger partial charge in [-0.1, -0.05) is 72.8 Å². The third-order valence-electron chi connectivity index (χ3n) is 3.40. The van der Waals surface area contributed by atoms with E-state index in [9.17, 15) is 9.59 Å². The van der Waals surface area contributed by atoms with Crippen LogP contribution in [0.1, 0.15) is 15.9 Å². The second kappa shape index (κ2) is 7.24. The molecule has 0 saturated carbocycles. The molecule has 0 amide bonds. The summed E-state index contributed by atoms with van der Waals surface area (Å²) in [6.45, 7) is 0. The number of rotatable bonds is 2. The van der Waals surface area contributed by atoms with E-state index < -0.39 is 5.76 Å². The first kappa shape index (κ1) is 15.5. The van der Waals surface area contributed by atoms with E-state index in [2.05, 4.69) is 4.98 Å². The highest BCUT2D eigenvalue weighted by Crippen LogP contribution is 2.08. The molecule has 4 aromatic rings. The summed E-state index contributed by atoms with van der Waals surface area (Å²) in [7, 11) is 0. The molecule has 24 heavy (non-hydrogen) atoms. The molecule has 4 rings (SSSR count). The Kier molecular flexibility index (Phi) is 4.68. The van der Waals surface area contributed by atoms with Crippen LogP contribution in [0.2, 0.25) is 0 Å². The average Bonchev–Trinajstić information content (AvgIpc) is 3.03. The van der Waals surface area contributed by atoms with Gasteiger partial charge >= 0.3 is 5.76 Å². The molecule has 4 heteroatoms. The smallest absolute Gasteiger partial charge is 0.408 e. The lowest BCUT2D eigenvalue weighted by Crippen LogP contribution is -1.99. The Balaban J connectivity index is 0.000000149. The van der Waals surface area contributed by atoms with Crippen LogP contribution in [0.25, 0.3) is 11.1 Å². The van der Waals surface area contributed by atoms with Crippen molar-refractivity contribution < 1.29 is 9.21 Å². The number of carbonyl (C=O) groups excluding carboxylic acids is 1. The molecule has 0 radical (unpaired) electrons. The summed E-state index contributed by atoms with van der Waals surface area (Å²) < 4.78 is 4.76. The first-order chi connectivity index (χ1) is 11.7. The minimum atomic E-state index is -0.402. The van der Waals surface area contributed by atoms with Crippen LogP contribution in [-0.2, 0) is 0 Å². The van der Waals surface area contributed by atoms with Gasteiger partial charge in [-0.25, -0.2) is 4.79 Å². The number of aromatic amines is 1. The predicted octanol–water partition coefficient (Wildman–Crippen LogP) is 4.04. The lowest BCUT2D eigenvalue weighted by Gasteiger charge is -1.99. The molecule has 0 aliphatic carbocycles. The average molecular weight is 317 g/mol. The third-order valence-corrected chi connectivity index (χ3v) is 3.40. The number of carbonyl (C=O) groups is 1. The molecule has 1 N–H and O–H groups in total. The van der Waals surface area contributed by atoms with Crippen molar-refractivity contribution in [3.05, 3.63) is 107 Å². The van der Waals surface area contributed by atoms with Crippen molar-refractivity contribution in [2.45, 2.75) is 0 Å². The second-order valence-electron chi connectivity index (χ2n) is 5.07. The molecule has 0 aliphatic rings. The Labute approximate surface area is 138 Å². The van der Waals surface area contributed by atoms with E-state index in [0.29, 0.717) is 5.58 Å². The van der Waals surface area contributed by atoms with Crippen molar-refractivity contribution in [1.29, 1.82) is 0 Å². The van der Waals surface area contributed by atoms with Crippen LogP contribution in [0, 0.1) is 0 Å². The summed E-state index contributed by atoms with van der Waals surface area (Å²) >= 11 is 0. The number of aromatic nitrogens is 1. The Morgan fingerprint density at radius 3 is 1.75 bits per heavy atom. The summed E-state index contributed by atoms with van der Waals surface area (Å²) in [5.41, 5.74) is 2.82. The molecule has 0 atom stereocenters. The van der Waals surface area contributed by atoms with Crippen LogP contribution >= 0.6 is 0 Å². The first-order valence-electron chi connectivity index (χ1n) is 7.47.